The van der Waals surface area contributed by atoms with Gasteiger partial charge in [0.15, 0.2) is 0 Å². The minimum atomic E-state index is -0.427. The van der Waals surface area contributed by atoms with Gasteiger partial charge in [0.25, 0.3) is 5.91 Å². The van der Waals surface area contributed by atoms with Crippen molar-refractivity contribution in [2.75, 3.05) is 17.3 Å². The van der Waals surface area contributed by atoms with Crippen LogP contribution in [0.3, 0.4) is 0 Å². The molecule has 1 aromatic carbocycles. The molecule has 37 heavy (non-hydrogen) atoms. The number of aromatic amines is 1. The van der Waals surface area contributed by atoms with Crippen molar-refractivity contribution in [3.05, 3.63) is 53.2 Å². The number of carbonyl (C=O) groups is 3. The van der Waals surface area contributed by atoms with Crippen LogP contribution in [0.5, 0.6) is 0 Å². The highest BCUT2D eigenvalue weighted by atomic mass is 32.1. The number of methoxy groups -OCH3 is 1. The smallest absolute Gasteiger partial charge is 0.350 e. The number of amides is 2. The number of hydrogen-bond acceptors (Lipinski definition) is 6. The van der Waals surface area contributed by atoms with Crippen molar-refractivity contribution < 1.29 is 19.1 Å². The summed E-state index contributed by atoms with van der Waals surface area (Å²) in [7, 11) is 1.38. The second kappa shape index (κ2) is 10.9. The van der Waals surface area contributed by atoms with Crippen molar-refractivity contribution in [1.29, 1.82) is 0 Å². The molecule has 0 radical (unpaired) electrons. The number of hydrogen-bond donors (Lipinski definition) is 2. The number of H-pyrrole nitrogens is 1. The number of nitrogens with one attached hydrogen (secondary N) is 2. The average Bonchev–Trinajstić information content (AvgIpc) is 3.57. The SMILES string of the molecule is COC(=O)c1sc(-c2ccc(NC(=O)c3cc[nH]n3)cc2)cc1N(C(=O)[C@H]1CC[C@H](C)CC1)C1CCC1. The molecular formula is C28H32N4O4S. The molecular weight excluding hydrogens is 488 g/mol. The Hall–Kier alpha value is -3.46. The summed E-state index contributed by atoms with van der Waals surface area (Å²) >= 11 is 1.34. The van der Waals surface area contributed by atoms with Gasteiger partial charge in [-0.2, -0.15) is 5.10 Å². The molecule has 2 heterocycles. The van der Waals surface area contributed by atoms with Gasteiger partial charge in [0.2, 0.25) is 5.91 Å². The Kier molecular flexibility index (Phi) is 7.41. The van der Waals surface area contributed by atoms with E-state index in [9.17, 15) is 14.4 Å². The number of benzene rings is 1. The van der Waals surface area contributed by atoms with Gasteiger partial charge in [-0.3, -0.25) is 14.7 Å². The van der Waals surface area contributed by atoms with Crippen molar-refractivity contribution >= 4 is 40.5 Å². The maximum Gasteiger partial charge on any atom is 0.350 e. The van der Waals surface area contributed by atoms with Gasteiger partial charge in [-0.05, 0) is 80.7 Å². The summed E-state index contributed by atoms with van der Waals surface area (Å²) in [6.07, 6.45) is 8.52. The van der Waals surface area contributed by atoms with Gasteiger partial charge >= 0.3 is 5.97 Å². The molecule has 2 saturated carbocycles. The van der Waals surface area contributed by atoms with E-state index in [1.54, 1.807) is 12.3 Å². The highest BCUT2D eigenvalue weighted by Crippen LogP contribution is 2.42. The first-order valence-corrected chi connectivity index (χ1v) is 13.7. The third-order valence-electron chi connectivity index (χ3n) is 7.55. The summed E-state index contributed by atoms with van der Waals surface area (Å²) in [6.45, 7) is 2.25. The molecule has 5 rings (SSSR count). The first kappa shape index (κ1) is 25.2. The quantitative estimate of drug-likeness (QED) is 0.378. The van der Waals surface area contributed by atoms with Crippen molar-refractivity contribution in [3.8, 4) is 10.4 Å². The van der Waals surface area contributed by atoms with Crippen LogP contribution in [-0.2, 0) is 9.53 Å². The van der Waals surface area contributed by atoms with Gasteiger partial charge in [-0.25, -0.2) is 4.79 Å². The minimum Gasteiger partial charge on any atom is -0.465 e. The van der Waals surface area contributed by atoms with Crippen LogP contribution < -0.4 is 10.2 Å². The summed E-state index contributed by atoms with van der Waals surface area (Å²) < 4.78 is 5.12. The van der Waals surface area contributed by atoms with Crippen LogP contribution in [0.25, 0.3) is 10.4 Å². The number of ether oxygens (including phenoxy) is 1. The summed E-state index contributed by atoms with van der Waals surface area (Å²) in [6, 6.07) is 11.1. The lowest BCUT2D eigenvalue weighted by Crippen LogP contribution is -2.48. The molecule has 2 fully saturated rings. The van der Waals surface area contributed by atoms with Crippen LogP contribution >= 0.6 is 11.3 Å². The molecule has 2 aliphatic rings. The monoisotopic (exact) mass is 520 g/mol. The lowest BCUT2D eigenvalue weighted by atomic mass is 9.81. The van der Waals surface area contributed by atoms with Crippen LogP contribution in [0, 0.1) is 11.8 Å². The van der Waals surface area contributed by atoms with Gasteiger partial charge < -0.3 is 15.0 Å². The number of carbonyl (C=O) groups excluding carboxylic acids is 3. The standard InChI is InChI=1S/C28H32N4O4S/c1-17-6-8-19(9-7-17)27(34)32(21-4-3-5-21)23-16-24(37-25(23)28(35)36-2)18-10-12-20(13-11-18)30-26(33)22-14-15-29-31-22/h10-17,19,21H,3-9H2,1-2H3,(H,29,31)(H,30,33)/t17-,19-. The summed E-state index contributed by atoms with van der Waals surface area (Å²) in [4.78, 5) is 42.2. The van der Waals surface area contributed by atoms with Crippen LogP contribution in [0.4, 0.5) is 11.4 Å². The maximum absolute atomic E-state index is 13.8. The Balaban J connectivity index is 1.43. The topological polar surface area (TPSA) is 104 Å². The summed E-state index contributed by atoms with van der Waals surface area (Å²) in [5, 5.41) is 9.35. The van der Waals surface area contributed by atoms with Crippen molar-refractivity contribution in [1.82, 2.24) is 10.2 Å². The van der Waals surface area contributed by atoms with E-state index >= 15 is 0 Å². The van der Waals surface area contributed by atoms with E-state index in [0.29, 0.717) is 27.9 Å². The second-order valence-corrected chi connectivity index (χ2v) is 11.1. The molecule has 0 atom stereocenters. The third kappa shape index (κ3) is 5.32. The molecule has 3 aromatic rings. The highest BCUT2D eigenvalue weighted by molar-refractivity contribution is 7.18. The van der Waals surface area contributed by atoms with E-state index in [-0.39, 0.29) is 23.8 Å². The molecule has 0 spiro atoms. The first-order chi connectivity index (χ1) is 17.9. The number of rotatable bonds is 7. The Morgan fingerprint density at radius 3 is 2.38 bits per heavy atom. The van der Waals surface area contributed by atoms with E-state index < -0.39 is 5.97 Å². The lowest BCUT2D eigenvalue weighted by molar-refractivity contribution is -0.124. The Morgan fingerprint density at radius 1 is 1.05 bits per heavy atom. The molecule has 2 aliphatic carbocycles. The fraction of sp³-hybridized carbons (Fsp3) is 0.429. The fourth-order valence-corrected chi connectivity index (χ4v) is 6.16. The van der Waals surface area contributed by atoms with Crippen LogP contribution in [0.15, 0.2) is 42.6 Å². The molecule has 0 saturated heterocycles. The molecule has 2 aromatic heterocycles. The van der Waals surface area contributed by atoms with E-state index in [1.807, 2.05) is 35.2 Å². The van der Waals surface area contributed by atoms with E-state index in [1.165, 1.54) is 18.4 Å². The Bertz CT molecular complexity index is 1260. The van der Waals surface area contributed by atoms with Crippen LogP contribution in [-0.4, -0.2) is 41.1 Å². The molecule has 2 N–H and O–H groups in total. The second-order valence-electron chi connectivity index (χ2n) is 10.1. The molecule has 194 valence electrons. The van der Waals surface area contributed by atoms with Crippen molar-refractivity contribution in [2.45, 2.75) is 57.9 Å². The highest BCUT2D eigenvalue weighted by Gasteiger charge is 2.38. The van der Waals surface area contributed by atoms with Crippen molar-refractivity contribution in [3.63, 3.8) is 0 Å². The maximum atomic E-state index is 13.8. The molecule has 9 heteroatoms. The molecule has 0 aliphatic heterocycles. The Morgan fingerprint density at radius 2 is 1.78 bits per heavy atom. The van der Waals surface area contributed by atoms with Gasteiger partial charge in [-0.1, -0.05) is 19.1 Å². The molecule has 0 unspecified atom stereocenters. The lowest BCUT2D eigenvalue weighted by Gasteiger charge is -2.40. The van der Waals surface area contributed by atoms with Gasteiger partial charge in [0.05, 0.1) is 12.8 Å². The summed E-state index contributed by atoms with van der Waals surface area (Å²) in [5.74, 6) is 0.0767. The normalized spacial score (nSPS) is 19.6. The van der Waals surface area contributed by atoms with Gasteiger partial charge in [0, 0.05) is 28.7 Å². The van der Waals surface area contributed by atoms with E-state index in [4.69, 9.17) is 4.74 Å². The van der Waals surface area contributed by atoms with Crippen LogP contribution in [0.1, 0.15) is 72.0 Å². The van der Waals surface area contributed by atoms with Crippen LogP contribution in [0.2, 0.25) is 0 Å². The van der Waals surface area contributed by atoms with E-state index in [0.717, 1.165) is 55.4 Å². The summed E-state index contributed by atoms with van der Waals surface area (Å²) in [5.41, 5.74) is 2.50. The zero-order chi connectivity index (χ0) is 25.9. The van der Waals surface area contributed by atoms with Gasteiger partial charge in [-0.15, -0.1) is 11.3 Å². The number of aromatic nitrogens is 2. The predicted molar refractivity (Wildman–Crippen MR) is 144 cm³/mol. The molecule has 2 amide bonds. The third-order valence-corrected chi connectivity index (χ3v) is 8.70. The molecule has 8 nitrogen and oxygen atoms in total. The largest absolute Gasteiger partial charge is 0.465 e. The minimum absolute atomic E-state index is 0.00283. The Labute approximate surface area is 220 Å². The van der Waals surface area contributed by atoms with Crippen molar-refractivity contribution in [2.24, 2.45) is 11.8 Å². The average molecular weight is 521 g/mol. The number of nitrogens with zero attached hydrogens (tertiary/aromatic N) is 2. The predicted octanol–water partition coefficient (Wildman–Crippen LogP) is 5.89. The van der Waals surface area contributed by atoms with Gasteiger partial charge in [0.1, 0.15) is 10.6 Å². The zero-order valence-corrected chi connectivity index (χ0v) is 22.0. The number of anilines is 2. The van der Waals surface area contributed by atoms with E-state index in [2.05, 4.69) is 22.4 Å². The fourth-order valence-electron chi connectivity index (χ4n) is 5.09. The molecule has 0 bridgehead atoms. The number of thiophene rings is 1. The first-order valence-electron chi connectivity index (χ1n) is 12.9. The zero-order valence-electron chi connectivity index (χ0n) is 21.2. The number of esters is 1.